The summed E-state index contributed by atoms with van der Waals surface area (Å²) in [6.07, 6.45) is -4.50. The van der Waals surface area contributed by atoms with E-state index < -0.39 is 11.7 Å². The second kappa shape index (κ2) is 5.03. The Kier molecular flexibility index (Phi) is 4.17. The smallest absolute Gasteiger partial charge is 0.420 e. The number of nitrogens with one attached hydrogen (secondary N) is 1. The van der Waals surface area contributed by atoms with Crippen LogP contribution in [0.5, 0.6) is 5.75 Å². The maximum absolute atomic E-state index is 12.7. The molecule has 0 saturated carbocycles. The zero-order valence-electron chi connectivity index (χ0n) is 8.23. The summed E-state index contributed by atoms with van der Waals surface area (Å²) in [5, 5.41) is 8.45. The summed E-state index contributed by atoms with van der Waals surface area (Å²) < 4.78 is 42.8. The van der Waals surface area contributed by atoms with E-state index in [0.29, 0.717) is 5.56 Å². The van der Waals surface area contributed by atoms with Crippen LogP contribution in [0.25, 0.3) is 0 Å². The first-order valence-electron chi connectivity index (χ1n) is 4.20. The Morgan fingerprint density at radius 2 is 2.06 bits per heavy atom. The lowest BCUT2D eigenvalue weighted by Gasteiger charge is -2.15. The molecule has 1 aromatic carbocycles. The number of methoxy groups -OCH3 is 1. The summed E-state index contributed by atoms with van der Waals surface area (Å²) in [5.74, 6) is -0.269. The van der Waals surface area contributed by atoms with Crippen molar-refractivity contribution in [2.24, 2.45) is 0 Å². The van der Waals surface area contributed by atoms with Gasteiger partial charge in [-0.15, -0.1) is 0 Å². The number of rotatable bonds is 3. The van der Waals surface area contributed by atoms with Gasteiger partial charge >= 0.3 is 6.18 Å². The Labute approximate surface area is 98.3 Å². The van der Waals surface area contributed by atoms with Gasteiger partial charge in [0.15, 0.2) is 0 Å². The third kappa shape index (κ3) is 2.87. The van der Waals surface area contributed by atoms with Crippen LogP contribution in [0.1, 0.15) is 11.1 Å². The quantitative estimate of drug-likeness (QED) is 0.843. The van der Waals surface area contributed by atoms with Gasteiger partial charge in [-0.05, 0) is 33.6 Å². The summed E-state index contributed by atoms with van der Waals surface area (Å²) in [6.45, 7) is -0.0777. The fraction of sp³-hybridized carbons (Fsp3) is 0.333. The Bertz CT molecular complexity index is 382. The number of alkyl halides is 3. The maximum atomic E-state index is 12.7. The van der Waals surface area contributed by atoms with Crippen LogP contribution in [0.3, 0.4) is 0 Å². The topological polar surface area (TPSA) is 41.5 Å². The first-order chi connectivity index (χ1) is 7.40. The number of benzene rings is 1. The molecule has 2 N–H and O–H groups in total. The average Bonchev–Trinajstić information content (AvgIpc) is 2.16. The molecule has 0 saturated heterocycles. The van der Waals surface area contributed by atoms with Crippen LogP contribution >= 0.6 is 15.9 Å². The standard InChI is InChI=1S/C9H9BrF3NO2/c1-16-8-6(9(11,12)13)2-5(4-14-15)3-7(8)10/h2-3,14-15H,4H2,1H3. The van der Waals surface area contributed by atoms with Gasteiger partial charge in [-0.1, -0.05) is 0 Å². The Morgan fingerprint density at radius 1 is 1.44 bits per heavy atom. The number of halogens is 4. The first kappa shape index (κ1) is 13.3. The predicted molar refractivity (Wildman–Crippen MR) is 54.3 cm³/mol. The van der Waals surface area contributed by atoms with Gasteiger partial charge in [-0.25, -0.2) is 5.48 Å². The molecule has 7 heteroatoms. The van der Waals surface area contributed by atoms with Crippen LogP contribution < -0.4 is 10.2 Å². The van der Waals surface area contributed by atoms with E-state index in [1.54, 1.807) is 5.48 Å². The van der Waals surface area contributed by atoms with Gasteiger partial charge in [0.25, 0.3) is 0 Å². The van der Waals surface area contributed by atoms with E-state index in [1.165, 1.54) is 13.2 Å². The predicted octanol–water partition coefficient (Wildman–Crippen LogP) is 2.96. The van der Waals surface area contributed by atoms with Gasteiger partial charge in [0, 0.05) is 6.54 Å². The van der Waals surface area contributed by atoms with Crippen molar-refractivity contribution in [2.45, 2.75) is 12.7 Å². The molecule has 0 amide bonds. The van der Waals surface area contributed by atoms with Gasteiger partial charge in [0.05, 0.1) is 17.1 Å². The summed E-state index contributed by atoms with van der Waals surface area (Å²) in [7, 11) is 1.17. The molecule has 0 unspecified atom stereocenters. The van der Waals surface area contributed by atoms with Crippen molar-refractivity contribution in [3.63, 3.8) is 0 Å². The van der Waals surface area contributed by atoms with Crippen molar-refractivity contribution in [1.29, 1.82) is 0 Å². The molecule has 0 aliphatic carbocycles. The fourth-order valence-electron chi connectivity index (χ4n) is 1.26. The summed E-state index contributed by atoms with van der Waals surface area (Å²) >= 11 is 2.99. The van der Waals surface area contributed by atoms with Gasteiger partial charge in [0.1, 0.15) is 5.75 Å². The van der Waals surface area contributed by atoms with Gasteiger partial charge in [-0.2, -0.15) is 13.2 Å². The normalized spacial score (nSPS) is 11.6. The second-order valence-electron chi connectivity index (χ2n) is 2.99. The third-order valence-corrected chi connectivity index (χ3v) is 2.49. The highest BCUT2D eigenvalue weighted by Gasteiger charge is 2.35. The third-order valence-electron chi connectivity index (χ3n) is 1.90. The van der Waals surface area contributed by atoms with Gasteiger partial charge in [-0.3, -0.25) is 0 Å². The van der Waals surface area contributed by atoms with E-state index in [9.17, 15) is 13.2 Å². The largest absolute Gasteiger partial charge is 0.495 e. The second-order valence-corrected chi connectivity index (χ2v) is 3.85. The maximum Gasteiger partial charge on any atom is 0.420 e. The molecule has 0 spiro atoms. The molecule has 0 aliphatic rings. The fourth-order valence-corrected chi connectivity index (χ4v) is 1.93. The van der Waals surface area contributed by atoms with Crippen LogP contribution in [0.15, 0.2) is 16.6 Å². The minimum atomic E-state index is -4.50. The van der Waals surface area contributed by atoms with Crippen LogP contribution in [0.4, 0.5) is 13.2 Å². The molecule has 3 nitrogen and oxygen atoms in total. The summed E-state index contributed by atoms with van der Waals surface area (Å²) in [5.41, 5.74) is 1.21. The van der Waals surface area contributed by atoms with E-state index >= 15 is 0 Å². The lowest BCUT2D eigenvalue weighted by molar-refractivity contribution is -0.138. The van der Waals surface area contributed by atoms with Crippen LogP contribution in [-0.2, 0) is 12.7 Å². The molecule has 0 bridgehead atoms. The highest BCUT2D eigenvalue weighted by molar-refractivity contribution is 9.10. The number of hydroxylamine groups is 1. The van der Waals surface area contributed by atoms with Crippen LogP contribution in [0, 0.1) is 0 Å². The lowest BCUT2D eigenvalue weighted by atomic mass is 10.1. The lowest BCUT2D eigenvalue weighted by Crippen LogP contribution is -2.11. The number of ether oxygens (including phenoxy) is 1. The van der Waals surface area contributed by atoms with Crippen molar-refractivity contribution < 1.29 is 23.1 Å². The van der Waals surface area contributed by atoms with Gasteiger partial charge < -0.3 is 9.94 Å². The highest BCUT2D eigenvalue weighted by atomic mass is 79.9. The van der Waals surface area contributed by atoms with E-state index in [0.717, 1.165) is 6.07 Å². The molecule has 0 aromatic heterocycles. The van der Waals surface area contributed by atoms with Crippen molar-refractivity contribution >= 4 is 15.9 Å². The van der Waals surface area contributed by atoms with Crippen molar-refractivity contribution in [2.75, 3.05) is 7.11 Å². The van der Waals surface area contributed by atoms with Crippen molar-refractivity contribution in [3.8, 4) is 5.75 Å². The van der Waals surface area contributed by atoms with Gasteiger partial charge in [0.2, 0.25) is 0 Å². The summed E-state index contributed by atoms with van der Waals surface area (Å²) in [4.78, 5) is 0. The zero-order valence-corrected chi connectivity index (χ0v) is 9.82. The highest BCUT2D eigenvalue weighted by Crippen LogP contribution is 2.41. The molecule has 0 radical (unpaired) electrons. The SMILES string of the molecule is COc1c(Br)cc(CNO)cc1C(F)(F)F. The Hall–Kier alpha value is -0.790. The molecule has 0 atom stereocenters. The minimum Gasteiger partial charge on any atom is -0.495 e. The number of hydrogen-bond acceptors (Lipinski definition) is 3. The van der Waals surface area contributed by atoms with E-state index in [2.05, 4.69) is 20.7 Å². The molecule has 90 valence electrons. The molecule has 1 rings (SSSR count). The molecular weight excluding hydrogens is 291 g/mol. The van der Waals surface area contributed by atoms with Crippen molar-refractivity contribution in [1.82, 2.24) is 5.48 Å². The Balaban J connectivity index is 3.31. The Morgan fingerprint density at radius 3 is 2.50 bits per heavy atom. The molecule has 1 aromatic rings. The van der Waals surface area contributed by atoms with E-state index in [-0.39, 0.29) is 16.8 Å². The van der Waals surface area contributed by atoms with E-state index in [1.807, 2.05) is 0 Å². The molecule has 0 aliphatic heterocycles. The number of hydrogen-bond donors (Lipinski definition) is 2. The monoisotopic (exact) mass is 299 g/mol. The zero-order chi connectivity index (χ0) is 12.3. The van der Waals surface area contributed by atoms with Crippen molar-refractivity contribution in [3.05, 3.63) is 27.7 Å². The molecule has 0 heterocycles. The van der Waals surface area contributed by atoms with E-state index in [4.69, 9.17) is 5.21 Å². The summed E-state index contributed by atoms with van der Waals surface area (Å²) in [6, 6.07) is 2.37. The van der Waals surface area contributed by atoms with Crippen LogP contribution in [-0.4, -0.2) is 12.3 Å². The molecule has 0 fully saturated rings. The minimum absolute atomic E-state index is 0.0777. The first-order valence-corrected chi connectivity index (χ1v) is 5.00. The average molecular weight is 300 g/mol. The van der Waals surface area contributed by atoms with Crippen LogP contribution in [0.2, 0.25) is 0 Å². The molecular formula is C9H9BrF3NO2. The molecule has 16 heavy (non-hydrogen) atoms.